The van der Waals surface area contributed by atoms with Crippen LogP contribution in [0.15, 0.2) is 34.1 Å². The number of hydrogen-bond donors (Lipinski definition) is 3. The second kappa shape index (κ2) is 9.44. The van der Waals surface area contributed by atoms with Gasteiger partial charge in [0.1, 0.15) is 17.8 Å². The van der Waals surface area contributed by atoms with Crippen molar-refractivity contribution in [3.05, 3.63) is 35.4 Å². The standard InChI is InChI=1S/C19H24N4O7/c1-3-29-18(26)15-11(21-19(27)22-16(15)13-5-4-8-30-13)10-23-7-6-20-17(25)12(23)9-14(24)28-2/h4-5,8,12,16H,3,6-7,9-10H2,1-2H3,(H,20,25)(H2,21,22,27). The maximum absolute atomic E-state index is 12.7. The zero-order chi connectivity index (χ0) is 21.7. The minimum Gasteiger partial charge on any atom is -0.469 e. The summed E-state index contributed by atoms with van der Waals surface area (Å²) in [7, 11) is 1.25. The fourth-order valence-corrected chi connectivity index (χ4v) is 3.48. The lowest BCUT2D eigenvalue weighted by molar-refractivity contribution is -0.145. The molecule has 3 amide bonds. The maximum atomic E-state index is 12.7. The molecule has 2 unspecified atom stereocenters. The SMILES string of the molecule is CCOC(=O)C1=C(CN2CCNC(=O)C2CC(=O)OC)NC(=O)NC1c1ccco1. The number of ether oxygens (including phenoxy) is 2. The van der Waals surface area contributed by atoms with E-state index in [0.29, 0.717) is 18.8 Å². The van der Waals surface area contributed by atoms with Gasteiger partial charge in [-0.1, -0.05) is 0 Å². The topological polar surface area (TPSA) is 139 Å². The number of urea groups is 1. The Balaban J connectivity index is 1.96. The van der Waals surface area contributed by atoms with Crippen molar-refractivity contribution < 1.29 is 33.1 Å². The smallest absolute Gasteiger partial charge is 0.338 e. The van der Waals surface area contributed by atoms with E-state index in [9.17, 15) is 19.2 Å². The first kappa shape index (κ1) is 21.4. The van der Waals surface area contributed by atoms with Gasteiger partial charge in [-0.25, -0.2) is 9.59 Å². The fourth-order valence-electron chi connectivity index (χ4n) is 3.48. The number of piperazine rings is 1. The average molecular weight is 420 g/mol. The van der Waals surface area contributed by atoms with E-state index in [1.54, 1.807) is 24.0 Å². The Kier molecular flexibility index (Phi) is 6.72. The summed E-state index contributed by atoms with van der Waals surface area (Å²) in [5.74, 6) is -1.11. The van der Waals surface area contributed by atoms with Crippen LogP contribution in [-0.4, -0.2) is 68.2 Å². The summed E-state index contributed by atoms with van der Waals surface area (Å²) in [6, 6.07) is 1.12. The van der Waals surface area contributed by atoms with Gasteiger partial charge in [0.15, 0.2) is 0 Å². The molecule has 1 aromatic rings. The Labute approximate surface area is 172 Å². The molecule has 0 saturated carbocycles. The van der Waals surface area contributed by atoms with Gasteiger partial charge < -0.3 is 29.8 Å². The summed E-state index contributed by atoms with van der Waals surface area (Å²) in [6.07, 6.45) is 1.28. The molecular weight excluding hydrogens is 396 g/mol. The average Bonchev–Trinajstić information content (AvgIpc) is 3.25. The third kappa shape index (κ3) is 4.62. The predicted octanol–water partition coefficient (Wildman–Crippen LogP) is -0.186. The van der Waals surface area contributed by atoms with Gasteiger partial charge in [0.2, 0.25) is 5.91 Å². The van der Waals surface area contributed by atoms with Crippen LogP contribution in [0.5, 0.6) is 0 Å². The second-order valence-electron chi connectivity index (χ2n) is 6.72. The van der Waals surface area contributed by atoms with Crippen molar-refractivity contribution in [2.75, 3.05) is 33.4 Å². The van der Waals surface area contributed by atoms with Crippen molar-refractivity contribution in [1.29, 1.82) is 0 Å². The van der Waals surface area contributed by atoms with Crippen LogP contribution >= 0.6 is 0 Å². The van der Waals surface area contributed by atoms with E-state index in [0.717, 1.165) is 0 Å². The summed E-state index contributed by atoms with van der Waals surface area (Å²) < 4.78 is 15.3. The monoisotopic (exact) mass is 420 g/mol. The Morgan fingerprint density at radius 3 is 2.80 bits per heavy atom. The van der Waals surface area contributed by atoms with Crippen molar-refractivity contribution in [3.63, 3.8) is 0 Å². The van der Waals surface area contributed by atoms with Gasteiger partial charge in [-0.3, -0.25) is 14.5 Å². The number of rotatable bonds is 7. The molecule has 0 radical (unpaired) electrons. The third-order valence-corrected chi connectivity index (χ3v) is 4.87. The molecular formula is C19H24N4O7. The molecule has 11 heteroatoms. The van der Waals surface area contributed by atoms with Gasteiger partial charge in [0, 0.05) is 25.3 Å². The van der Waals surface area contributed by atoms with Crippen LogP contribution in [0.25, 0.3) is 0 Å². The Bertz CT molecular complexity index is 849. The summed E-state index contributed by atoms with van der Waals surface area (Å²) in [5, 5.41) is 8.02. The number of carbonyl (C=O) groups is 4. The minimum atomic E-state index is -0.847. The predicted molar refractivity (Wildman–Crippen MR) is 102 cm³/mol. The number of furan rings is 1. The highest BCUT2D eigenvalue weighted by molar-refractivity contribution is 5.95. The number of nitrogens with zero attached hydrogens (tertiary/aromatic N) is 1. The summed E-state index contributed by atoms with van der Waals surface area (Å²) in [4.78, 5) is 50.9. The molecule has 2 aliphatic heterocycles. The Morgan fingerprint density at radius 1 is 1.33 bits per heavy atom. The number of nitrogens with one attached hydrogen (secondary N) is 3. The molecule has 11 nitrogen and oxygen atoms in total. The molecule has 1 fully saturated rings. The minimum absolute atomic E-state index is 0.0495. The third-order valence-electron chi connectivity index (χ3n) is 4.87. The highest BCUT2D eigenvalue weighted by Gasteiger charge is 2.38. The van der Waals surface area contributed by atoms with Crippen LogP contribution in [0.3, 0.4) is 0 Å². The van der Waals surface area contributed by atoms with Gasteiger partial charge in [-0.15, -0.1) is 0 Å². The Morgan fingerprint density at radius 2 is 2.13 bits per heavy atom. The van der Waals surface area contributed by atoms with Crippen molar-refractivity contribution in [1.82, 2.24) is 20.9 Å². The number of amides is 3. The first-order chi connectivity index (χ1) is 14.4. The van der Waals surface area contributed by atoms with Crippen molar-refractivity contribution in [2.24, 2.45) is 0 Å². The van der Waals surface area contributed by atoms with Gasteiger partial charge >= 0.3 is 18.0 Å². The summed E-state index contributed by atoms with van der Waals surface area (Å²) in [5.41, 5.74) is 0.456. The van der Waals surface area contributed by atoms with Gasteiger partial charge in [-0.05, 0) is 19.1 Å². The normalized spacial score (nSPS) is 22.1. The lowest BCUT2D eigenvalue weighted by Gasteiger charge is -2.37. The molecule has 1 aromatic heterocycles. The largest absolute Gasteiger partial charge is 0.469 e. The number of methoxy groups -OCH3 is 1. The van der Waals surface area contributed by atoms with Gasteiger partial charge in [0.25, 0.3) is 0 Å². The Hall–Kier alpha value is -3.34. The highest BCUT2D eigenvalue weighted by Crippen LogP contribution is 2.29. The van der Waals surface area contributed by atoms with E-state index >= 15 is 0 Å². The highest BCUT2D eigenvalue weighted by atomic mass is 16.5. The van der Waals surface area contributed by atoms with E-state index in [-0.39, 0.29) is 36.7 Å². The molecule has 162 valence electrons. The van der Waals surface area contributed by atoms with Crippen LogP contribution in [0.1, 0.15) is 25.1 Å². The zero-order valence-electron chi connectivity index (χ0n) is 16.7. The molecule has 3 N–H and O–H groups in total. The molecule has 3 heterocycles. The van der Waals surface area contributed by atoms with E-state index in [1.807, 2.05) is 0 Å². The summed E-state index contributed by atoms with van der Waals surface area (Å²) >= 11 is 0. The number of hydrogen-bond acceptors (Lipinski definition) is 8. The molecule has 3 rings (SSSR count). The molecule has 2 aliphatic rings. The molecule has 0 bridgehead atoms. The van der Waals surface area contributed by atoms with E-state index in [4.69, 9.17) is 13.9 Å². The molecule has 0 aromatic carbocycles. The first-order valence-electron chi connectivity index (χ1n) is 9.54. The van der Waals surface area contributed by atoms with Gasteiger partial charge in [-0.2, -0.15) is 0 Å². The lowest BCUT2D eigenvalue weighted by Crippen LogP contribution is -2.58. The van der Waals surface area contributed by atoms with E-state index < -0.39 is 30.1 Å². The molecule has 0 aliphatic carbocycles. The van der Waals surface area contributed by atoms with Gasteiger partial charge in [0.05, 0.1) is 32.0 Å². The molecule has 30 heavy (non-hydrogen) atoms. The van der Waals surface area contributed by atoms with Crippen molar-refractivity contribution in [2.45, 2.75) is 25.4 Å². The number of carbonyl (C=O) groups excluding carboxylic acids is 4. The number of esters is 2. The zero-order valence-corrected chi connectivity index (χ0v) is 16.7. The van der Waals surface area contributed by atoms with E-state index in [1.165, 1.54) is 13.4 Å². The van der Waals surface area contributed by atoms with E-state index in [2.05, 4.69) is 16.0 Å². The quantitative estimate of drug-likeness (QED) is 0.516. The first-order valence-corrected chi connectivity index (χ1v) is 9.54. The maximum Gasteiger partial charge on any atom is 0.338 e. The second-order valence-corrected chi connectivity index (χ2v) is 6.72. The van der Waals surface area contributed by atoms with Crippen LogP contribution in [0, 0.1) is 0 Å². The van der Waals surface area contributed by atoms with Crippen LogP contribution in [-0.2, 0) is 23.9 Å². The van der Waals surface area contributed by atoms with Crippen LogP contribution in [0.4, 0.5) is 4.79 Å². The van der Waals surface area contributed by atoms with Crippen LogP contribution in [0.2, 0.25) is 0 Å². The lowest BCUT2D eigenvalue weighted by atomic mass is 9.99. The molecule has 1 saturated heterocycles. The molecule has 2 atom stereocenters. The fraction of sp³-hybridized carbons (Fsp3) is 0.474. The van der Waals surface area contributed by atoms with Crippen molar-refractivity contribution >= 4 is 23.9 Å². The van der Waals surface area contributed by atoms with Crippen molar-refractivity contribution in [3.8, 4) is 0 Å². The van der Waals surface area contributed by atoms with Crippen LogP contribution < -0.4 is 16.0 Å². The molecule has 0 spiro atoms. The summed E-state index contributed by atoms with van der Waals surface area (Å²) in [6.45, 7) is 2.66.